The SMILES string of the molecule is O=C(Nc1ccc(Cl)c(S(=O)(=O)N2CCCCC2)c1)c1cc(F)c(F)c(F)c1F. The summed E-state index contributed by atoms with van der Waals surface area (Å²) in [6, 6.07) is 3.74. The minimum atomic E-state index is -3.94. The summed E-state index contributed by atoms with van der Waals surface area (Å²) < 4.78 is 80.5. The number of carbonyl (C=O) groups excluding carboxylic acids is 1. The van der Waals surface area contributed by atoms with Crippen molar-refractivity contribution in [2.24, 2.45) is 0 Å². The first-order valence-corrected chi connectivity index (χ1v) is 10.4. The molecule has 2 aromatic carbocycles. The average Bonchev–Trinajstić information content (AvgIpc) is 2.71. The first kappa shape index (κ1) is 21.5. The molecular formula is C18H15ClF4N2O3S. The van der Waals surface area contributed by atoms with Crippen LogP contribution in [0.3, 0.4) is 0 Å². The number of nitrogens with zero attached hydrogens (tertiary/aromatic N) is 1. The van der Waals surface area contributed by atoms with E-state index in [0.717, 1.165) is 12.5 Å². The van der Waals surface area contributed by atoms with Gasteiger partial charge in [-0.3, -0.25) is 4.79 Å². The Hall–Kier alpha value is -2.17. The van der Waals surface area contributed by atoms with Gasteiger partial charge in [-0.05, 0) is 37.1 Å². The fraction of sp³-hybridized carbons (Fsp3) is 0.278. The molecule has 0 saturated carbocycles. The Morgan fingerprint density at radius 3 is 2.28 bits per heavy atom. The molecule has 1 aliphatic rings. The quantitative estimate of drug-likeness (QED) is 0.428. The Labute approximate surface area is 169 Å². The number of piperidine rings is 1. The van der Waals surface area contributed by atoms with E-state index in [2.05, 4.69) is 5.32 Å². The van der Waals surface area contributed by atoms with Crippen molar-refractivity contribution in [1.82, 2.24) is 4.31 Å². The number of nitrogens with one attached hydrogen (secondary N) is 1. The van der Waals surface area contributed by atoms with Crippen molar-refractivity contribution in [2.75, 3.05) is 18.4 Å². The zero-order chi connectivity index (χ0) is 21.3. The standard InChI is InChI=1S/C18H15ClF4N2O3S/c19-12-5-4-10(8-14(12)29(27,28)25-6-2-1-3-7-25)24-18(26)11-9-13(20)16(22)17(23)15(11)21/h4-5,8-9H,1-3,6-7H2,(H,24,26). The Bertz CT molecular complexity index is 1070. The predicted molar refractivity (Wildman–Crippen MR) is 98.3 cm³/mol. The summed E-state index contributed by atoms with van der Waals surface area (Å²) in [6.07, 6.45) is 2.31. The Morgan fingerprint density at radius 1 is 0.966 bits per heavy atom. The van der Waals surface area contributed by atoms with E-state index in [9.17, 15) is 30.8 Å². The summed E-state index contributed by atoms with van der Waals surface area (Å²) in [6.45, 7) is 0.656. The van der Waals surface area contributed by atoms with Crippen LogP contribution in [0, 0.1) is 23.3 Å². The highest BCUT2D eigenvalue weighted by Gasteiger charge is 2.29. The summed E-state index contributed by atoms with van der Waals surface area (Å²) in [5.41, 5.74) is -1.17. The minimum absolute atomic E-state index is 0.0846. The lowest BCUT2D eigenvalue weighted by molar-refractivity contribution is 0.102. The molecule has 1 fully saturated rings. The van der Waals surface area contributed by atoms with Crippen LogP contribution in [0.1, 0.15) is 29.6 Å². The van der Waals surface area contributed by atoms with E-state index in [1.54, 1.807) is 0 Å². The van der Waals surface area contributed by atoms with E-state index in [1.807, 2.05) is 0 Å². The number of benzene rings is 2. The fourth-order valence-corrected chi connectivity index (χ4v) is 4.98. The van der Waals surface area contributed by atoms with E-state index >= 15 is 0 Å². The van der Waals surface area contributed by atoms with Crippen LogP contribution in [0.25, 0.3) is 0 Å². The zero-order valence-electron chi connectivity index (χ0n) is 14.8. The molecule has 156 valence electrons. The maximum absolute atomic E-state index is 13.8. The van der Waals surface area contributed by atoms with Gasteiger partial charge in [0.2, 0.25) is 10.0 Å². The summed E-state index contributed by atoms with van der Waals surface area (Å²) in [5, 5.41) is 2.05. The molecular weight excluding hydrogens is 436 g/mol. The molecule has 1 saturated heterocycles. The van der Waals surface area contributed by atoms with Crippen molar-refractivity contribution in [3.05, 3.63) is 58.1 Å². The number of hydrogen-bond acceptors (Lipinski definition) is 3. The Kier molecular flexibility index (Phi) is 6.16. The lowest BCUT2D eigenvalue weighted by Gasteiger charge is -2.26. The highest BCUT2D eigenvalue weighted by molar-refractivity contribution is 7.89. The van der Waals surface area contributed by atoms with Crippen molar-refractivity contribution in [2.45, 2.75) is 24.2 Å². The number of halogens is 5. The lowest BCUT2D eigenvalue weighted by Crippen LogP contribution is -2.35. The van der Waals surface area contributed by atoms with Crippen LogP contribution >= 0.6 is 11.6 Å². The van der Waals surface area contributed by atoms with Gasteiger partial charge in [0, 0.05) is 18.8 Å². The Morgan fingerprint density at radius 2 is 1.62 bits per heavy atom. The zero-order valence-corrected chi connectivity index (χ0v) is 16.4. The van der Waals surface area contributed by atoms with Crippen molar-refractivity contribution in [3.63, 3.8) is 0 Å². The van der Waals surface area contributed by atoms with E-state index in [1.165, 1.54) is 16.4 Å². The van der Waals surface area contributed by atoms with Crippen molar-refractivity contribution < 1.29 is 30.8 Å². The maximum atomic E-state index is 13.8. The monoisotopic (exact) mass is 450 g/mol. The summed E-state index contributed by atoms with van der Waals surface area (Å²) in [7, 11) is -3.94. The molecule has 1 N–H and O–H groups in total. The summed E-state index contributed by atoms with van der Waals surface area (Å²) in [5.74, 6) is -9.06. The van der Waals surface area contributed by atoms with Gasteiger partial charge in [0.15, 0.2) is 23.3 Å². The highest BCUT2D eigenvalue weighted by atomic mass is 35.5. The normalized spacial score (nSPS) is 15.3. The molecule has 0 aromatic heterocycles. The van der Waals surface area contributed by atoms with Gasteiger partial charge in [-0.25, -0.2) is 26.0 Å². The third-order valence-electron chi connectivity index (χ3n) is 4.47. The van der Waals surface area contributed by atoms with Crippen LogP contribution in [0.4, 0.5) is 23.2 Å². The molecule has 3 rings (SSSR count). The molecule has 0 bridgehead atoms. The Balaban J connectivity index is 1.92. The van der Waals surface area contributed by atoms with Crippen LogP contribution < -0.4 is 5.32 Å². The van der Waals surface area contributed by atoms with Crippen LogP contribution in [-0.4, -0.2) is 31.7 Å². The van der Waals surface area contributed by atoms with Gasteiger partial charge in [0.05, 0.1) is 10.6 Å². The van der Waals surface area contributed by atoms with Crippen LogP contribution in [0.15, 0.2) is 29.2 Å². The summed E-state index contributed by atoms with van der Waals surface area (Å²) >= 11 is 6.02. The van der Waals surface area contributed by atoms with E-state index in [0.29, 0.717) is 25.9 Å². The van der Waals surface area contributed by atoms with Crippen LogP contribution in [0.2, 0.25) is 5.02 Å². The third kappa shape index (κ3) is 4.24. The molecule has 0 unspecified atom stereocenters. The van der Waals surface area contributed by atoms with Crippen molar-refractivity contribution in [3.8, 4) is 0 Å². The number of amides is 1. The van der Waals surface area contributed by atoms with Gasteiger partial charge < -0.3 is 5.32 Å². The van der Waals surface area contributed by atoms with Gasteiger partial charge in [-0.15, -0.1) is 0 Å². The molecule has 0 atom stereocenters. The van der Waals surface area contributed by atoms with Gasteiger partial charge >= 0.3 is 0 Å². The third-order valence-corrected chi connectivity index (χ3v) is 6.85. The number of sulfonamides is 1. The van der Waals surface area contributed by atoms with E-state index < -0.39 is 44.8 Å². The van der Waals surface area contributed by atoms with Gasteiger partial charge in [0.25, 0.3) is 5.91 Å². The topological polar surface area (TPSA) is 66.5 Å². The van der Waals surface area contributed by atoms with Crippen LogP contribution in [-0.2, 0) is 10.0 Å². The molecule has 5 nitrogen and oxygen atoms in total. The molecule has 0 spiro atoms. The molecule has 0 aliphatic carbocycles. The average molecular weight is 451 g/mol. The maximum Gasteiger partial charge on any atom is 0.258 e. The van der Waals surface area contributed by atoms with Crippen molar-refractivity contribution in [1.29, 1.82) is 0 Å². The second-order valence-electron chi connectivity index (χ2n) is 6.41. The highest BCUT2D eigenvalue weighted by Crippen LogP contribution is 2.30. The second kappa shape index (κ2) is 8.29. The molecule has 0 radical (unpaired) electrons. The molecule has 1 heterocycles. The van der Waals surface area contributed by atoms with Crippen LogP contribution in [0.5, 0.6) is 0 Å². The molecule has 29 heavy (non-hydrogen) atoms. The fourth-order valence-electron chi connectivity index (χ4n) is 2.96. The first-order valence-electron chi connectivity index (χ1n) is 8.57. The predicted octanol–water partition coefficient (Wildman–Crippen LogP) is 4.32. The van der Waals surface area contributed by atoms with Gasteiger partial charge in [-0.1, -0.05) is 18.0 Å². The minimum Gasteiger partial charge on any atom is -0.322 e. The van der Waals surface area contributed by atoms with Gasteiger partial charge in [0.1, 0.15) is 4.90 Å². The molecule has 2 aromatic rings. The first-order chi connectivity index (χ1) is 13.6. The van der Waals surface area contributed by atoms with E-state index in [4.69, 9.17) is 11.6 Å². The van der Waals surface area contributed by atoms with Crippen molar-refractivity contribution >= 4 is 33.2 Å². The summed E-state index contributed by atoms with van der Waals surface area (Å²) in [4.78, 5) is 11.9. The lowest BCUT2D eigenvalue weighted by atomic mass is 10.1. The number of anilines is 1. The smallest absolute Gasteiger partial charge is 0.258 e. The van der Waals surface area contributed by atoms with E-state index in [-0.39, 0.29) is 21.7 Å². The number of carbonyl (C=O) groups is 1. The molecule has 1 amide bonds. The largest absolute Gasteiger partial charge is 0.322 e. The molecule has 11 heteroatoms. The van der Waals surface area contributed by atoms with Gasteiger partial charge in [-0.2, -0.15) is 4.31 Å². The second-order valence-corrected chi connectivity index (χ2v) is 8.73. The number of hydrogen-bond donors (Lipinski definition) is 1. The number of rotatable bonds is 4. The molecule has 1 aliphatic heterocycles.